The first-order valence-electron chi connectivity index (χ1n) is 10.6. The number of aromatic nitrogens is 1. The molecule has 1 aromatic heterocycles. The minimum atomic E-state index is 0.241. The number of rotatable bonds is 6. The Morgan fingerprint density at radius 1 is 1.10 bits per heavy atom. The maximum Gasteiger partial charge on any atom is 0.148 e. The molecule has 1 aliphatic rings. The second-order valence-corrected chi connectivity index (χ2v) is 8.06. The third kappa shape index (κ3) is 4.62. The molecule has 31 heavy (non-hydrogen) atoms. The summed E-state index contributed by atoms with van der Waals surface area (Å²) < 4.78 is 5.70. The van der Waals surface area contributed by atoms with Gasteiger partial charge < -0.3 is 9.64 Å². The SMILES string of the molecule is C#CCOc1ccc2c(c1)C(c1ccc(C(C)C)cc1)=NCN2Cc1cccc(C)n1. The summed E-state index contributed by atoms with van der Waals surface area (Å²) in [5, 5.41) is 0. The molecule has 0 spiro atoms. The lowest BCUT2D eigenvalue weighted by molar-refractivity contribution is 0.370. The lowest BCUT2D eigenvalue weighted by atomic mass is 9.95. The van der Waals surface area contributed by atoms with E-state index in [9.17, 15) is 0 Å². The number of hydrogen-bond acceptors (Lipinski definition) is 4. The summed E-state index contributed by atoms with van der Waals surface area (Å²) in [4.78, 5) is 11.9. The predicted molar refractivity (Wildman–Crippen MR) is 127 cm³/mol. The number of aryl methyl sites for hydroxylation is 1. The lowest BCUT2D eigenvalue weighted by Crippen LogP contribution is -2.30. The van der Waals surface area contributed by atoms with Crippen LogP contribution in [0.15, 0.2) is 65.7 Å². The largest absolute Gasteiger partial charge is 0.481 e. The maximum absolute atomic E-state index is 5.70. The monoisotopic (exact) mass is 409 g/mol. The second-order valence-electron chi connectivity index (χ2n) is 8.06. The van der Waals surface area contributed by atoms with Gasteiger partial charge in [0.2, 0.25) is 0 Å². The highest BCUT2D eigenvalue weighted by atomic mass is 16.5. The van der Waals surface area contributed by atoms with Crippen molar-refractivity contribution in [3.8, 4) is 18.1 Å². The van der Waals surface area contributed by atoms with Crippen molar-refractivity contribution in [1.82, 2.24) is 4.98 Å². The second kappa shape index (κ2) is 9.06. The van der Waals surface area contributed by atoms with E-state index in [1.54, 1.807) is 0 Å². The van der Waals surface area contributed by atoms with Crippen LogP contribution in [0.2, 0.25) is 0 Å². The van der Waals surface area contributed by atoms with Crippen LogP contribution in [-0.2, 0) is 6.54 Å². The number of nitrogens with zero attached hydrogens (tertiary/aromatic N) is 3. The molecule has 0 saturated heterocycles. The average Bonchev–Trinajstić information content (AvgIpc) is 2.78. The van der Waals surface area contributed by atoms with Crippen molar-refractivity contribution in [2.24, 2.45) is 4.99 Å². The van der Waals surface area contributed by atoms with Crippen LogP contribution in [0.4, 0.5) is 5.69 Å². The van der Waals surface area contributed by atoms with Crippen molar-refractivity contribution in [3.05, 3.63) is 88.7 Å². The van der Waals surface area contributed by atoms with Crippen molar-refractivity contribution in [2.75, 3.05) is 18.2 Å². The topological polar surface area (TPSA) is 37.7 Å². The fourth-order valence-electron chi connectivity index (χ4n) is 3.80. The molecule has 0 amide bonds. The molecular weight excluding hydrogens is 382 g/mol. The van der Waals surface area contributed by atoms with Crippen LogP contribution in [0.25, 0.3) is 0 Å². The molecule has 4 nitrogen and oxygen atoms in total. The summed E-state index contributed by atoms with van der Waals surface area (Å²) >= 11 is 0. The van der Waals surface area contributed by atoms with Crippen molar-refractivity contribution in [1.29, 1.82) is 0 Å². The number of terminal acetylenes is 1. The van der Waals surface area contributed by atoms with Crippen LogP contribution in [0.5, 0.6) is 5.75 Å². The Balaban J connectivity index is 1.71. The molecule has 3 aromatic rings. The molecular formula is C27H27N3O. The number of ether oxygens (including phenoxy) is 1. The van der Waals surface area contributed by atoms with Crippen LogP contribution >= 0.6 is 0 Å². The van der Waals surface area contributed by atoms with Gasteiger partial charge in [-0.25, -0.2) is 0 Å². The summed E-state index contributed by atoms with van der Waals surface area (Å²) in [6.45, 7) is 7.94. The summed E-state index contributed by atoms with van der Waals surface area (Å²) in [5.41, 5.74) is 7.61. The fourth-order valence-corrected chi connectivity index (χ4v) is 3.80. The van der Waals surface area contributed by atoms with Gasteiger partial charge in [0.05, 0.1) is 18.0 Å². The number of pyridine rings is 1. The third-order valence-electron chi connectivity index (χ3n) is 5.44. The van der Waals surface area contributed by atoms with Gasteiger partial charge in [0.25, 0.3) is 0 Å². The van der Waals surface area contributed by atoms with E-state index in [1.165, 1.54) is 5.56 Å². The van der Waals surface area contributed by atoms with E-state index in [0.29, 0.717) is 19.1 Å². The van der Waals surface area contributed by atoms with Gasteiger partial charge in [-0.2, -0.15) is 0 Å². The molecule has 0 N–H and O–H groups in total. The van der Waals surface area contributed by atoms with E-state index in [1.807, 2.05) is 31.2 Å². The molecule has 4 heteroatoms. The van der Waals surface area contributed by atoms with E-state index in [2.05, 4.69) is 66.0 Å². The van der Waals surface area contributed by atoms with E-state index in [-0.39, 0.29) is 6.61 Å². The van der Waals surface area contributed by atoms with Crippen LogP contribution in [0, 0.1) is 19.3 Å². The highest BCUT2D eigenvalue weighted by molar-refractivity contribution is 6.17. The van der Waals surface area contributed by atoms with E-state index >= 15 is 0 Å². The first kappa shape index (κ1) is 20.7. The van der Waals surface area contributed by atoms with Crippen LogP contribution in [-0.4, -0.2) is 24.0 Å². The first-order valence-corrected chi connectivity index (χ1v) is 10.6. The molecule has 156 valence electrons. The van der Waals surface area contributed by atoms with Gasteiger partial charge in [-0.15, -0.1) is 6.42 Å². The molecule has 0 aliphatic carbocycles. The molecule has 0 fully saturated rings. The quantitative estimate of drug-likeness (QED) is 0.516. The highest BCUT2D eigenvalue weighted by Crippen LogP contribution is 2.32. The smallest absolute Gasteiger partial charge is 0.148 e. The highest BCUT2D eigenvalue weighted by Gasteiger charge is 2.22. The van der Waals surface area contributed by atoms with Gasteiger partial charge in [0.1, 0.15) is 19.0 Å². The Bertz CT molecular complexity index is 1140. The zero-order valence-electron chi connectivity index (χ0n) is 18.3. The maximum atomic E-state index is 5.70. The van der Waals surface area contributed by atoms with Crippen molar-refractivity contribution in [2.45, 2.75) is 33.2 Å². The van der Waals surface area contributed by atoms with Gasteiger partial charge in [0, 0.05) is 22.5 Å². The van der Waals surface area contributed by atoms with Gasteiger partial charge in [0.15, 0.2) is 0 Å². The number of fused-ring (bicyclic) bond motifs is 1. The summed E-state index contributed by atoms with van der Waals surface area (Å²) in [6, 6.07) is 20.9. The fraction of sp³-hybridized carbons (Fsp3) is 0.259. The Kier molecular flexibility index (Phi) is 6.04. The number of aliphatic imine (C=N–C) groups is 1. The molecule has 0 bridgehead atoms. The third-order valence-corrected chi connectivity index (χ3v) is 5.44. The lowest BCUT2D eigenvalue weighted by Gasteiger charge is -2.30. The summed E-state index contributed by atoms with van der Waals surface area (Å²) in [6.07, 6.45) is 5.38. The van der Waals surface area contributed by atoms with E-state index < -0.39 is 0 Å². The molecule has 2 heterocycles. The summed E-state index contributed by atoms with van der Waals surface area (Å²) in [7, 11) is 0. The number of hydrogen-bond donors (Lipinski definition) is 0. The van der Waals surface area contributed by atoms with Gasteiger partial charge in [-0.1, -0.05) is 50.1 Å². The molecule has 0 atom stereocenters. The first-order chi connectivity index (χ1) is 15.0. The van der Waals surface area contributed by atoms with Crippen molar-refractivity contribution < 1.29 is 4.74 Å². The van der Waals surface area contributed by atoms with Gasteiger partial charge >= 0.3 is 0 Å². The zero-order chi connectivity index (χ0) is 21.8. The Morgan fingerprint density at radius 2 is 1.90 bits per heavy atom. The Morgan fingerprint density at radius 3 is 2.61 bits per heavy atom. The van der Waals surface area contributed by atoms with E-state index in [4.69, 9.17) is 16.2 Å². The molecule has 0 saturated carbocycles. The minimum Gasteiger partial charge on any atom is -0.481 e. The van der Waals surface area contributed by atoms with Crippen molar-refractivity contribution in [3.63, 3.8) is 0 Å². The zero-order valence-corrected chi connectivity index (χ0v) is 18.3. The molecule has 2 aromatic carbocycles. The number of benzene rings is 2. The molecule has 1 aliphatic heterocycles. The standard InChI is InChI=1S/C27H27N3O/c1-5-15-31-24-13-14-26-25(16-24)27(22-11-9-21(10-12-22)19(2)3)28-18-30(26)17-23-8-6-7-20(4)29-23/h1,6-14,16,19H,15,17-18H2,2-4H3. The predicted octanol–water partition coefficient (Wildman–Crippen LogP) is 5.34. The molecule has 0 unspecified atom stereocenters. The Labute approximate surface area is 184 Å². The van der Waals surface area contributed by atoms with Crippen LogP contribution in [0.1, 0.15) is 47.8 Å². The Hall–Kier alpha value is -3.58. The molecule has 4 rings (SSSR count). The van der Waals surface area contributed by atoms with Gasteiger partial charge in [-0.05, 0) is 48.7 Å². The average molecular weight is 410 g/mol. The summed E-state index contributed by atoms with van der Waals surface area (Å²) in [5.74, 6) is 3.78. The van der Waals surface area contributed by atoms with Crippen LogP contribution in [0.3, 0.4) is 0 Å². The molecule has 0 radical (unpaired) electrons. The van der Waals surface area contributed by atoms with Crippen LogP contribution < -0.4 is 9.64 Å². The normalized spacial score (nSPS) is 12.9. The number of anilines is 1. The minimum absolute atomic E-state index is 0.241. The van der Waals surface area contributed by atoms with Gasteiger partial charge in [-0.3, -0.25) is 9.98 Å². The van der Waals surface area contributed by atoms with E-state index in [0.717, 1.165) is 39.7 Å². The van der Waals surface area contributed by atoms with Crippen molar-refractivity contribution >= 4 is 11.4 Å².